The summed E-state index contributed by atoms with van der Waals surface area (Å²) in [6.07, 6.45) is 5.96. The predicted molar refractivity (Wildman–Crippen MR) is 87.7 cm³/mol. The van der Waals surface area contributed by atoms with Crippen molar-refractivity contribution in [2.24, 2.45) is 0 Å². The number of nitrogens with zero attached hydrogens (tertiary/aromatic N) is 1. The molecule has 1 fully saturated rings. The molecule has 1 N–H and O–H groups in total. The molecule has 5 nitrogen and oxygen atoms in total. The van der Waals surface area contributed by atoms with Crippen LogP contribution in [0.15, 0.2) is 18.2 Å². The second-order valence-corrected chi connectivity index (χ2v) is 5.72. The van der Waals surface area contributed by atoms with E-state index in [1.165, 1.54) is 19.3 Å². The number of methoxy groups -OCH3 is 2. The zero-order chi connectivity index (χ0) is 15.9. The molecular weight excluding hydrogens is 280 g/mol. The second-order valence-electron chi connectivity index (χ2n) is 5.72. The molecule has 1 aromatic carbocycles. The van der Waals surface area contributed by atoms with Crippen LogP contribution in [0.3, 0.4) is 0 Å². The van der Waals surface area contributed by atoms with Crippen molar-refractivity contribution in [1.82, 2.24) is 4.90 Å². The van der Waals surface area contributed by atoms with E-state index in [1.54, 1.807) is 14.2 Å². The summed E-state index contributed by atoms with van der Waals surface area (Å²) >= 11 is 0. The molecule has 1 saturated carbocycles. The Labute approximate surface area is 132 Å². The van der Waals surface area contributed by atoms with E-state index in [0.717, 1.165) is 24.3 Å². The highest BCUT2D eigenvalue weighted by molar-refractivity contribution is 5.81. The number of hydrogen-bond acceptors (Lipinski definition) is 4. The van der Waals surface area contributed by atoms with Crippen LogP contribution in [0.5, 0.6) is 11.5 Å². The Balaban J connectivity index is 1.95. The van der Waals surface area contributed by atoms with Crippen molar-refractivity contribution >= 4 is 11.6 Å². The third kappa shape index (κ3) is 4.06. The molecule has 0 heterocycles. The standard InChI is InChI=1S/C17H26N2O3/c1-19(13-7-5-4-6-8-13)17(20)12-18-15-11-14(21-2)9-10-16(15)22-3/h9-11,13,18H,4-8,12H2,1-3H3. The van der Waals surface area contributed by atoms with E-state index in [2.05, 4.69) is 5.32 Å². The van der Waals surface area contributed by atoms with Gasteiger partial charge in [0.2, 0.25) is 5.91 Å². The Bertz CT molecular complexity index is 499. The van der Waals surface area contributed by atoms with Crippen LogP contribution in [0.4, 0.5) is 5.69 Å². The summed E-state index contributed by atoms with van der Waals surface area (Å²) in [4.78, 5) is 14.2. The molecule has 1 aliphatic carbocycles. The molecule has 2 rings (SSSR count). The summed E-state index contributed by atoms with van der Waals surface area (Å²) in [7, 11) is 5.14. The van der Waals surface area contributed by atoms with Crippen molar-refractivity contribution in [2.45, 2.75) is 38.1 Å². The summed E-state index contributed by atoms with van der Waals surface area (Å²) < 4.78 is 10.5. The van der Waals surface area contributed by atoms with Crippen LogP contribution in [0.25, 0.3) is 0 Å². The Morgan fingerprint density at radius 3 is 2.59 bits per heavy atom. The van der Waals surface area contributed by atoms with Gasteiger partial charge in [0.05, 0.1) is 26.5 Å². The van der Waals surface area contributed by atoms with Gasteiger partial charge in [-0.2, -0.15) is 0 Å². The van der Waals surface area contributed by atoms with E-state index in [9.17, 15) is 4.79 Å². The molecule has 1 aromatic rings. The first-order chi connectivity index (χ1) is 10.7. The van der Waals surface area contributed by atoms with Crippen LogP contribution in [0.1, 0.15) is 32.1 Å². The van der Waals surface area contributed by atoms with Crippen molar-refractivity contribution in [2.75, 3.05) is 33.1 Å². The lowest BCUT2D eigenvalue weighted by molar-refractivity contribution is -0.130. The van der Waals surface area contributed by atoms with E-state index in [-0.39, 0.29) is 12.5 Å². The van der Waals surface area contributed by atoms with Crippen LogP contribution >= 0.6 is 0 Å². The maximum Gasteiger partial charge on any atom is 0.241 e. The van der Waals surface area contributed by atoms with Crippen LogP contribution < -0.4 is 14.8 Å². The Kier molecular flexibility index (Phi) is 5.92. The number of hydrogen-bond donors (Lipinski definition) is 1. The lowest BCUT2D eigenvalue weighted by Crippen LogP contribution is -2.41. The van der Waals surface area contributed by atoms with Crippen molar-refractivity contribution in [1.29, 1.82) is 0 Å². The minimum Gasteiger partial charge on any atom is -0.497 e. The fourth-order valence-electron chi connectivity index (χ4n) is 2.92. The first-order valence-electron chi connectivity index (χ1n) is 7.87. The van der Waals surface area contributed by atoms with Gasteiger partial charge in [-0.1, -0.05) is 19.3 Å². The first-order valence-corrected chi connectivity index (χ1v) is 7.87. The van der Waals surface area contributed by atoms with Gasteiger partial charge in [-0.15, -0.1) is 0 Å². The van der Waals surface area contributed by atoms with Crippen LogP contribution in [0, 0.1) is 0 Å². The molecule has 5 heteroatoms. The van der Waals surface area contributed by atoms with Crippen LogP contribution in [0.2, 0.25) is 0 Å². The first kappa shape index (κ1) is 16.5. The van der Waals surface area contributed by atoms with E-state index in [4.69, 9.17) is 9.47 Å². The number of carbonyl (C=O) groups is 1. The fraction of sp³-hybridized carbons (Fsp3) is 0.588. The van der Waals surface area contributed by atoms with Gasteiger partial charge in [0.1, 0.15) is 11.5 Å². The summed E-state index contributed by atoms with van der Waals surface area (Å²) in [5.41, 5.74) is 0.771. The molecule has 0 radical (unpaired) electrons. The largest absolute Gasteiger partial charge is 0.497 e. The number of nitrogens with one attached hydrogen (secondary N) is 1. The number of ether oxygens (including phenoxy) is 2. The Morgan fingerprint density at radius 1 is 1.23 bits per heavy atom. The molecule has 122 valence electrons. The minimum absolute atomic E-state index is 0.108. The van der Waals surface area contributed by atoms with Gasteiger partial charge >= 0.3 is 0 Å². The van der Waals surface area contributed by atoms with Crippen molar-refractivity contribution in [3.8, 4) is 11.5 Å². The van der Waals surface area contributed by atoms with Gasteiger partial charge in [-0.25, -0.2) is 0 Å². The predicted octanol–water partition coefficient (Wildman–Crippen LogP) is 2.91. The van der Waals surface area contributed by atoms with Gasteiger partial charge in [-0.3, -0.25) is 4.79 Å². The van der Waals surface area contributed by atoms with Gasteiger partial charge in [-0.05, 0) is 25.0 Å². The lowest BCUT2D eigenvalue weighted by atomic mass is 9.94. The minimum atomic E-state index is 0.108. The average Bonchev–Trinajstić information content (AvgIpc) is 2.59. The van der Waals surface area contributed by atoms with E-state index in [0.29, 0.717) is 11.8 Å². The highest BCUT2D eigenvalue weighted by Crippen LogP contribution is 2.29. The second kappa shape index (κ2) is 7.92. The maximum absolute atomic E-state index is 12.4. The van der Waals surface area contributed by atoms with E-state index < -0.39 is 0 Å². The number of anilines is 1. The molecule has 22 heavy (non-hydrogen) atoms. The smallest absolute Gasteiger partial charge is 0.241 e. The molecule has 0 aliphatic heterocycles. The highest BCUT2D eigenvalue weighted by Gasteiger charge is 2.21. The number of likely N-dealkylation sites (N-methyl/N-ethyl adjacent to an activating group) is 1. The third-order valence-corrected chi connectivity index (χ3v) is 4.35. The Morgan fingerprint density at radius 2 is 1.95 bits per heavy atom. The van der Waals surface area contributed by atoms with Gasteiger partial charge < -0.3 is 19.7 Å². The highest BCUT2D eigenvalue weighted by atomic mass is 16.5. The summed E-state index contributed by atoms with van der Waals surface area (Å²) in [5, 5.41) is 3.16. The van der Waals surface area contributed by atoms with Crippen molar-refractivity contribution < 1.29 is 14.3 Å². The fourth-order valence-corrected chi connectivity index (χ4v) is 2.92. The van der Waals surface area contributed by atoms with Gasteiger partial charge in [0, 0.05) is 19.2 Å². The summed E-state index contributed by atoms with van der Waals surface area (Å²) in [6.45, 7) is 0.260. The van der Waals surface area contributed by atoms with E-state index in [1.807, 2.05) is 30.1 Å². The molecule has 0 bridgehead atoms. The van der Waals surface area contributed by atoms with Crippen LogP contribution in [-0.2, 0) is 4.79 Å². The average molecular weight is 306 g/mol. The number of amides is 1. The van der Waals surface area contributed by atoms with Crippen LogP contribution in [-0.4, -0.2) is 44.7 Å². The molecule has 1 amide bonds. The number of rotatable bonds is 6. The van der Waals surface area contributed by atoms with Gasteiger partial charge in [0.15, 0.2) is 0 Å². The number of carbonyl (C=O) groups excluding carboxylic acids is 1. The van der Waals surface area contributed by atoms with Crippen molar-refractivity contribution in [3.05, 3.63) is 18.2 Å². The number of benzene rings is 1. The summed E-state index contributed by atoms with van der Waals surface area (Å²) in [5.74, 6) is 1.54. The Hall–Kier alpha value is -1.91. The lowest BCUT2D eigenvalue weighted by Gasteiger charge is -2.31. The molecule has 0 saturated heterocycles. The normalized spacial score (nSPS) is 15.2. The molecule has 1 aliphatic rings. The third-order valence-electron chi connectivity index (χ3n) is 4.35. The molecule has 0 aromatic heterocycles. The SMILES string of the molecule is COc1ccc(OC)c(NCC(=O)N(C)C2CCCCC2)c1. The quantitative estimate of drug-likeness (QED) is 0.878. The van der Waals surface area contributed by atoms with Crippen molar-refractivity contribution in [3.63, 3.8) is 0 Å². The molecular formula is C17H26N2O3. The molecule has 0 atom stereocenters. The van der Waals surface area contributed by atoms with Gasteiger partial charge in [0.25, 0.3) is 0 Å². The van der Waals surface area contributed by atoms with E-state index >= 15 is 0 Å². The topological polar surface area (TPSA) is 50.8 Å². The molecule has 0 spiro atoms. The maximum atomic E-state index is 12.4. The molecule has 0 unspecified atom stereocenters. The summed E-state index contributed by atoms with van der Waals surface area (Å²) in [6, 6.07) is 5.89. The zero-order valence-electron chi connectivity index (χ0n) is 13.7. The monoisotopic (exact) mass is 306 g/mol. The zero-order valence-corrected chi connectivity index (χ0v) is 13.7.